The van der Waals surface area contributed by atoms with Gasteiger partial charge in [0.25, 0.3) is 0 Å². The maximum Gasteiger partial charge on any atom is 0.239 e. The van der Waals surface area contributed by atoms with Crippen LogP contribution in [0.1, 0.15) is 57.6 Å². The number of piperidine rings is 1. The molecular formula is C20H30N2O2. The van der Waals surface area contributed by atoms with Gasteiger partial charge in [-0.05, 0) is 70.6 Å². The van der Waals surface area contributed by atoms with E-state index in [-0.39, 0.29) is 17.9 Å². The third-order valence-electron chi connectivity index (χ3n) is 5.10. The number of rotatable bonds is 4. The fourth-order valence-electron chi connectivity index (χ4n) is 3.30. The molecule has 132 valence electrons. The van der Waals surface area contributed by atoms with Crippen LogP contribution in [0.2, 0.25) is 0 Å². The van der Waals surface area contributed by atoms with E-state index < -0.39 is 5.41 Å². The topological polar surface area (TPSA) is 49.4 Å². The summed E-state index contributed by atoms with van der Waals surface area (Å²) in [5, 5.41) is 2.96. The Bertz CT molecular complexity index is 622. The van der Waals surface area contributed by atoms with Crippen molar-refractivity contribution in [2.75, 3.05) is 11.9 Å². The Morgan fingerprint density at radius 1 is 1.25 bits per heavy atom. The molecule has 0 aromatic heterocycles. The Hall–Kier alpha value is -1.84. The normalized spacial score (nSPS) is 18.4. The molecule has 4 heteroatoms. The van der Waals surface area contributed by atoms with Crippen LogP contribution in [0, 0.1) is 19.3 Å². The fourth-order valence-corrected chi connectivity index (χ4v) is 3.30. The van der Waals surface area contributed by atoms with Gasteiger partial charge in [-0.15, -0.1) is 0 Å². The molecule has 0 spiro atoms. The molecule has 1 atom stereocenters. The largest absolute Gasteiger partial charge is 0.339 e. The summed E-state index contributed by atoms with van der Waals surface area (Å²) in [5.74, 6) is -0.293. The lowest BCUT2D eigenvalue weighted by Gasteiger charge is -2.39. The van der Waals surface area contributed by atoms with Crippen LogP contribution >= 0.6 is 0 Å². The van der Waals surface area contributed by atoms with E-state index in [1.165, 1.54) is 0 Å². The molecule has 0 aliphatic carbocycles. The molecule has 2 rings (SSSR count). The number of nitrogens with zero attached hydrogens (tertiary/aromatic N) is 1. The third kappa shape index (κ3) is 3.80. The van der Waals surface area contributed by atoms with Crippen molar-refractivity contribution in [3.05, 3.63) is 29.3 Å². The van der Waals surface area contributed by atoms with Crippen LogP contribution in [0.4, 0.5) is 5.69 Å². The highest BCUT2D eigenvalue weighted by molar-refractivity contribution is 6.10. The lowest BCUT2D eigenvalue weighted by Crippen LogP contribution is -2.52. The Morgan fingerprint density at radius 3 is 2.62 bits per heavy atom. The zero-order valence-corrected chi connectivity index (χ0v) is 15.6. The van der Waals surface area contributed by atoms with E-state index in [0.29, 0.717) is 0 Å². The minimum atomic E-state index is -1.07. The van der Waals surface area contributed by atoms with Crippen LogP contribution in [0.5, 0.6) is 0 Å². The summed E-state index contributed by atoms with van der Waals surface area (Å²) in [6.45, 7) is 10.3. The van der Waals surface area contributed by atoms with E-state index in [4.69, 9.17) is 0 Å². The molecule has 1 N–H and O–H groups in total. The quantitative estimate of drug-likeness (QED) is 0.846. The van der Waals surface area contributed by atoms with Gasteiger partial charge < -0.3 is 10.2 Å². The molecular weight excluding hydrogens is 300 g/mol. The summed E-state index contributed by atoms with van der Waals surface area (Å²) in [6, 6.07) is 6.21. The van der Waals surface area contributed by atoms with Crippen molar-refractivity contribution in [2.45, 2.75) is 66.3 Å². The number of hydrogen-bond acceptors (Lipinski definition) is 2. The summed E-state index contributed by atoms with van der Waals surface area (Å²) in [6.07, 6.45) is 4.17. The summed E-state index contributed by atoms with van der Waals surface area (Å²) >= 11 is 0. The molecule has 1 aromatic rings. The first-order chi connectivity index (χ1) is 11.3. The van der Waals surface area contributed by atoms with Crippen LogP contribution in [0.15, 0.2) is 18.2 Å². The van der Waals surface area contributed by atoms with E-state index in [9.17, 15) is 9.59 Å². The first-order valence-electron chi connectivity index (χ1n) is 8.97. The molecule has 2 amide bonds. The molecule has 1 aliphatic rings. The molecule has 0 saturated carbocycles. The van der Waals surface area contributed by atoms with Crippen molar-refractivity contribution >= 4 is 17.5 Å². The molecule has 1 fully saturated rings. The minimum Gasteiger partial charge on any atom is -0.339 e. The van der Waals surface area contributed by atoms with Gasteiger partial charge in [0.2, 0.25) is 11.8 Å². The highest BCUT2D eigenvalue weighted by Gasteiger charge is 2.41. The van der Waals surface area contributed by atoms with Crippen molar-refractivity contribution in [2.24, 2.45) is 5.41 Å². The lowest BCUT2D eigenvalue weighted by molar-refractivity contribution is -0.149. The third-order valence-corrected chi connectivity index (χ3v) is 5.10. The maximum atomic E-state index is 13.0. The smallest absolute Gasteiger partial charge is 0.239 e. The van der Waals surface area contributed by atoms with Crippen LogP contribution in [0.3, 0.4) is 0 Å². The number of amides is 2. The number of aryl methyl sites for hydroxylation is 2. The number of anilines is 1. The average molecular weight is 330 g/mol. The van der Waals surface area contributed by atoms with Gasteiger partial charge in [0.1, 0.15) is 5.41 Å². The number of hydrogen-bond donors (Lipinski definition) is 1. The van der Waals surface area contributed by atoms with E-state index in [1.807, 2.05) is 36.9 Å². The molecule has 1 aliphatic heterocycles. The van der Waals surface area contributed by atoms with Crippen LogP contribution in [-0.4, -0.2) is 29.3 Å². The summed E-state index contributed by atoms with van der Waals surface area (Å²) < 4.78 is 0. The SMILES string of the molecule is CCC1CCCCN1C(=O)C(C)(C)C(=O)Nc1cc(C)ccc1C. The van der Waals surface area contributed by atoms with Crippen molar-refractivity contribution < 1.29 is 9.59 Å². The van der Waals surface area contributed by atoms with E-state index in [1.54, 1.807) is 13.8 Å². The monoisotopic (exact) mass is 330 g/mol. The predicted molar refractivity (Wildman–Crippen MR) is 98.0 cm³/mol. The second-order valence-corrected chi connectivity index (χ2v) is 7.45. The molecule has 1 saturated heterocycles. The molecule has 0 bridgehead atoms. The molecule has 1 heterocycles. The van der Waals surface area contributed by atoms with Gasteiger partial charge in [-0.3, -0.25) is 9.59 Å². The standard InChI is InChI=1S/C20H30N2O2/c1-6-16-9-7-8-12-22(16)19(24)20(4,5)18(23)21-17-13-14(2)10-11-15(17)3/h10-11,13,16H,6-9,12H2,1-5H3,(H,21,23). The van der Waals surface area contributed by atoms with Gasteiger partial charge in [0.05, 0.1) is 0 Å². The highest BCUT2D eigenvalue weighted by Crippen LogP contribution is 2.28. The number of benzene rings is 1. The van der Waals surface area contributed by atoms with Crippen LogP contribution < -0.4 is 5.32 Å². The number of carbonyl (C=O) groups excluding carboxylic acids is 2. The van der Waals surface area contributed by atoms with E-state index in [0.717, 1.165) is 49.0 Å². The molecule has 24 heavy (non-hydrogen) atoms. The van der Waals surface area contributed by atoms with E-state index >= 15 is 0 Å². The van der Waals surface area contributed by atoms with Gasteiger partial charge in [-0.25, -0.2) is 0 Å². The molecule has 0 radical (unpaired) electrons. The van der Waals surface area contributed by atoms with Crippen molar-refractivity contribution in [3.8, 4) is 0 Å². The Morgan fingerprint density at radius 2 is 1.96 bits per heavy atom. The summed E-state index contributed by atoms with van der Waals surface area (Å²) in [7, 11) is 0. The zero-order chi connectivity index (χ0) is 17.9. The first-order valence-corrected chi connectivity index (χ1v) is 8.97. The lowest BCUT2D eigenvalue weighted by atomic mass is 9.87. The Labute approximate surface area is 145 Å². The molecule has 1 aromatic carbocycles. The second kappa shape index (κ2) is 7.37. The molecule has 1 unspecified atom stereocenters. The van der Waals surface area contributed by atoms with Crippen LogP contribution in [0.25, 0.3) is 0 Å². The fraction of sp³-hybridized carbons (Fsp3) is 0.600. The summed E-state index contributed by atoms with van der Waals surface area (Å²) in [4.78, 5) is 27.8. The average Bonchev–Trinajstić information content (AvgIpc) is 2.57. The first kappa shape index (κ1) is 18.5. The minimum absolute atomic E-state index is 0.0585. The predicted octanol–water partition coefficient (Wildman–Crippen LogP) is 4.06. The number of likely N-dealkylation sites (tertiary alicyclic amines) is 1. The maximum absolute atomic E-state index is 13.0. The Balaban J connectivity index is 2.17. The van der Waals surface area contributed by atoms with Crippen molar-refractivity contribution in [1.29, 1.82) is 0 Å². The molecule has 4 nitrogen and oxygen atoms in total. The zero-order valence-electron chi connectivity index (χ0n) is 15.6. The van der Waals surface area contributed by atoms with Gasteiger partial charge in [0, 0.05) is 18.3 Å². The van der Waals surface area contributed by atoms with Gasteiger partial charge in [-0.2, -0.15) is 0 Å². The van der Waals surface area contributed by atoms with Gasteiger partial charge in [-0.1, -0.05) is 19.1 Å². The van der Waals surface area contributed by atoms with Crippen molar-refractivity contribution in [1.82, 2.24) is 4.90 Å². The van der Waals surface area contributed by atoms with E-state index in [2.05, 4.69) is 12.2 Å². The van der Waals surface area contributed by atoms with Gasteiger partial charge in [0.15, 0.2) is 0 Å². The Kier molecular flexibility index (Phi) is 5.68. The van der Waals surface area contributed by atoms with Crippen molar-refractivity contribution in [3.63, 3.8) is 0 Å². The number of nitrogens with one attached hydrogen (secondary N) is 1. The van der Waals surface area contributed by atoms with Crippen LogP contribution in [-0.2, 0) is 9.59 Å². The second-order valence-electron chi connectivity index (χ2n) is 7.45. The number of carbonyl (C=O) groups is 2. The summed E-state index contributed by atoms with van der Waals surface area (Å²) in [5.41, 5.74) is 1.80. The van der Waals surface area contributed by atoms with Gasteiger partial charge >= 0.3 is 0 Å². The highest BCUT2D eigenvalue weighted by atomic mass is 16.2.